The highest BCUT2D eigenvalue weighted by Crippen LogP contribution is 2.20. The number of nitrogens with zero attached hydrogens (tertiary/aromatic N) is 2. The van der Waals surface area contributed by atoms with Crippen LogP contribution in [0.25, 0.3) is 11.4 Å². The molecule has 0 unspecified atom stereocenters. The molecule has 3 aromatic rings. The summed E-state index contributed by atoms with van der Waals surface area (Å²) in [6, 6.07) is 15.5. The van der Waals surface area contributed by atoms with E-state index in [1.807, 2.05) is 55.5 Å². The van der Waals surface area contributed by atoms with Crippen LogP contribution in [0.2, 0.25) is 0 Å². The smallest absolute Gasteiger partial charge is 0.209 e. The minimum atomic E-state index is 0.0276. The topological polar surface area (TPSA) is 75.7 Å². The molecule has 0 atom stereocenters. The second kappa shape index (κ2) is 8.77. The first kappa shape index (κ1) is 19.0. The number of hydrogen-bond acceptors (Lipinski definition) is 5. The first-order valence-corrected chi connectivity index (χ1v) is 9.73. The van der Waals surface area contributed by atoms with Gasteiger partial charge in [-0.3, -0.25) is 9.89 Å². The first-order chi connectivity index (χ1) is 13.0. The zero-order valence-corrected chi connectivity index (χ0v) is 16.2. The van der Waals surface area contributed by atoms with Gasteiger partial charge in [0.25, 0.3) is 0 Å². The maximum absolute atomic E-state index is 12.4. The largest absolute Gasteiger partial charge is 0.300 e. The number of thioether (sulfide) groups is 1. The molecule has 138 valence electrons. The number of H-pyrrole nitrogens is 1. The highest BCUT2D eigenvalue weighted by atomic mass is 32.2. The number of carbonyl (C=O) groups is 2. The number of ketones is 2. The van der Waals surface area contributed by atoms with Crippen molar-refractivity contribution in [2.75, 3.05) is 5.75 Å². The molecule has 0 aliphatic rings. The first-order valence-electron chi connectivity index (χ1n) is 8.75. The molecule has 0 fully saturated rings. The highest BCUT2D eigenvalue weighted by Gasteiger charge is 2.11. The molecule has 2 aromatic carbocycles. The minimum Gasteiger partial charge on any atom is -0.300 e. The van der Waals surface area contributed by atoms with Crippen molar-refractivity contribution in [1.82, 2.24) is 15.2 Å². The summed E-state index contributed by atoms with van der Waals surface area (Å²) in [6.45, 7) is 3.62. The Balaban J connectivity index is 1.56. The molecule has 5 nitrogen and oxygen atoms in total. The number of carbonyl (C=O) groups excluding carboxylic acids is 2. The van der Waals surface area contributed by atoms with Crippen LogP contribution in [-0.2, 0) is 11.2 Å². The van der Waals surface area contributed by atoms with Crippen molar-refractivity contribution in [3.63, 3.8) is 0 Å². The van der Waals surface area contributed by atoms with Crippen LogP contribution in [0.1, 0.15) is 34.8 Å². The number of nitrogens with one attached hydrogen (secondary N) is 1. The van der Waals surface area contributed by atoms with Crippen molar-refractivity contribution in [2.45, 2.75) is 31.8 Å². The summed E-state index contributed by atoms with van der Waals surface area (Å²) >= 11 is 1.31. The van der Waals surface area contributed by atoms with Crippen molar-refractivity contribution in [2.24, 2.45) is 0 Å². The molecule has 3 rings (SSSR count). The van der Waals surface area contributed by atoms with Crippen molar-refractivity contribution < 1.29 is 9.59 Å². The van der Waals surface area contributed by atoms with Crippen molar-refractivity contribution in [1.29, 1.82) is 0 Å². The average Bonchev–Trinajstić information content (AvgIpc) is 3.14. The molecule has 0 saturated heterocycles. The normalized spacial score (nSPS) is 10.7. The summed E-state index contributed by atoms with van der Waals surface area (Å²) in [5, 5.41) is 7.65. The van der Waals surface area contributed by atoms with Crippen molar-refractivity contribution in [3.8, 4) is 11.4 Å². The molecule has 0 spiro atoms. The summed E-state index contributed by atoms with van der Waals surface area (Å²) in [6.07, 6.45) is 1.23. The summed E-state index contributed by atoms with van der Waals surface area (Å²) in [5.74, 6) is 1.17. The molecule has 0 amide bonds. The van der Waals surface area contributed by atoms with Gasteiger partial charge in [-0.15, -0.1) is 5.10 Å². The van der Waals surface area contributed by atoms with E-state index in [0.29, 0.717) is 29.4 Å². The van der Waals surface area contributed by atoms with E-state index in [1.54, 1.807) is 6.92 Å². The number of hydrogen-bond donors (Lipinski definition) is 1. The second-order valence-electron chi connectivity index (χ2n) is 6.44. The fourth-order valence-electron chi connectivity index (χ4n) is 2.54. The Morgan fingerprint density at radius 3 is 2.41 bits per heavy atom. The number of aromatic nitrogens is 3. The molecule has 0 radical (unpaired) electrons. The van der Waals surface area contributed by atoms with Gasteiger partial charge in [0.1, 0.15) is 5.78 Å². The van der Waals surface area contributed by atoms with E-state index in [9.17, 15) is 9.59 Å². The van der Waals surface area contributed by atoms with Crippen LogP contribution < -0.4 is 0 Å². The number of benzene rings is 2. The predicted octanol–water partition coefficient (Wildman–Crippen LogP) is 4.28. The van der Waals surface area contributed by atoms with Crippen LogP contribution in [0, 0.1) is 6.92 Å². The fraction of sp³-hybridized carbons (Fsp3) is 0.238. The van der Waals surface area contributed by atoms with Crippen LogP contribution >= 0.6 is 11.8 Å². The predicted molar refractivity (Wildman–Crippen MR) is 107 cm³/mol. The number of rotatable bonds is 8. The minimum absolute atomic E-state index is 0.0276. The third kappa shape index (κ3) is 5.37. The maximum atomic E-state index is 12.4. The molecular formula is C21H21N3O2S. The number of aryl methyl sites for hydroxylation is 2. The fourth-order valence-corrected chi connectivity index (χ4v) is 3.24. The third-order valence-electron chi connectivity index (χ3n) is 4.16. The van der Waals surface area contributed by atoms with Crippen LogP contribution in [0.4, 0.5) is 0 Å². The standard InChI is InChI=1S/C21H21N3O2S/c1-14-3-9-18(10-4-14)20-22-21(24-23-20)27-13-19(26)17-11-7-16(8-12-17)6-5-15(2)25/h3-4,7-12H,5-6,13H2,1-2H3,(H,22,23,24). The van der Waals surface area contributed by atoms with Gasteiger partial charge in [0.15, 0.2) is 11.6 Å². The Bertz CT molecular complexity index is 931. The lowest BCUT2D eigenvalue weighted by Gasteiger charge is -2.02. The molecule has 1 N–H and O–H groups in total. The Morgan fingerprint density at radius 1 is 1.04 bits per heavy atom. The zero-order chi connectivity index (χ0) is 19.2. The lowest BCUT2D eigenvalue weighted by atomic mass is 10.0. The summed E-state index contributed by atoms with van der Waals surface area (Å²) in [7, 11) is 0. The summed E-state index contributed by atoms with van der Waals surface area (Å²) in [5.41, 5.74) is 3.87. The summed E-state index contributed by atoms with van der Waals surface area (Å²) in [4.78, 5) is 27.9. The Labute approximate surface area is 162 Å². The molecule has 1 heterocycles. The zero-order valence-electron chi connectivity index (χ0n) is 15.4. The Kier molecular flexibility index (Phi) is 6.19. The van der Waals surface area contributed by atoms with Gasteiger partial charge in [-0.2, -0.15) is 0 Å². The van der Waals surface area contributed by atoms with E-state index in [0.717, 1.165) is 11.1 Å². The van der Waals surface area contributed by atoms with Crippen LogP contribution in [-0.4, -0.2) is 32.5 Å². The van der Waals surface area contributed by atoms with Gasteiger partial charge < -0.3 is 4.79 Å². The van der Waals surface area contributed by atoms with Crippen LogP contribution in [0.5, 0.6) is 0 Å². The van der Waals surface area contributed by atoms with Crippen molar-refractivity contribution >= 4 is 23.3 Å². The monoisotopic (exact) mass is 379 g/mol. The van der Waals surface area contributed by atoms with Crippen molar-refractivity contribution in [3.05, 3.63) is 65.2 Å². The Morgan fingerprint density at radius 2 is 1.74 bits per heavy atom. The van der Waals surface area contributed by atoms with E-state index in [-0.39, 0.29) is 17.3 Å². The average molecular weight is 379 g/mol. The number of aromatic amines is 1. The van der Waals surface area contributed by atoms with E-state index < -0.39 is 0 Å². The lowest BCUT2D eigenvalue weighted by Crippen LogP contribution is -2.03. The molecule has 0 aliphatic heterocycles. The molecule has 27 heavy (non-hydrogen) atoms. The SMILES string of the molecule is CC(=O)CCc1ccc(C(=O)CSc2n[nH]c(-c3ccc(C)cc3)n2)cc1. The van der Waals surface area contributed by atoms with Gasteiger partial charge >= 0.3 is 0 Å². The quantitative estimate of drug-likeness (QED) is 0.467. The van der Waals surface area contributed by atoms with Gasteiger partial charge in [0.2, 0.25) is 5.16 Å². The number of Topliss-reactive ketones (excluding diaryl/α,β-unsaturated/α-hetero) is 2. The highest BCUT2D eigenvalue weighted by molar-refractivity contribution is 7.99. The Hall–Kier alpha value is -2.73. The van der Waals surface area contributed by atoms with Gasteiger partial charge in [0, 0.05) is 17.5 Å². The molecule has 0 saturated carbocycles. The molecule has 0 aliphatic carbocycles. The van der Waals surface area contributed by atoms with E-state index >= 15 is 0 Å². The third-order valence-corrected chi connectivity index (χ3v) is 5.01. The molecular weight excluding hydrogens is 358 g/mol. The molecule has 6 heteroatoms. The van der Waals surface area contributed by atoms with Crippen LogP contribution in [0.3, 0.4) is 0 Å². The van der Waals surface area contributed by atoms with E-state index in [1.165, 1.54) is 17.3 Å². The lowest BCUT2D eigenvalue weighted by molar-refractivity contribution is -0.116. The van der Waals surface area contributed by atoms with E-state index in [2.05, 4.69) is 15.2 Å². The van der Waals surface area contributed by atoms with Gasteiger partial charge in [-0.05, 0) is 25.8 Å². The maximum Gasteiger partial charge on any atom is 0.209 e. The van der Waals surface area contributed by atoms with Gasteiger partial charge in [-0.25, -0.2) is 4.98 Å². The molecule has 0 bridgehead atoms. The van der Waals surface area contributed by atoms with Gasteiger partial charge in [0.05, 0.1) is 5.75 Å². The van der Waals surface area contributed by atoms with Gasteiger partial charge in [-0.1, -0.05) is 65.9 Å². The summed E-state index contributed by atoms with van der Waals surface area (Å²) < 4.78 is 0. The van der Waals surface area contributed by atoms with Crippen LogP contribution in [0.15, 0.2) is 53.7 Å². The van der Waals surface area contributed by atoms with E-state index in [4.69, 9.17) is 0 Å². The second-order valence-corrected chi connectivity index (χ2v) is 7.39. The molecule has 1 aromatic heterocycles.